The number of esters is 1. The van der Waals surface area contributed by atoms with Gasteiger partial charge in [-0.15, -0.1) is 5.78 Å². The van der Waals surface area contributed by atoms with Gasteiger partial charge in [0.25, 0.3) is 0 Å². The molecule has 0 aromatic rings. The summed E-state index contributed by atoms with van der Waals surface area (Å²) in [4.78, 5) is 21.1. The summed E-state index contributed by atoms with van der Waals surface area (Å²) in [5.41, 5.74) is 0. The molecule has 12 heavy (non-hydrogen) atoms. The van der Waals surface area contributed by atoms with E-state index in [-0.39, 0.29) is 60.9 Å². The van der Waals surface area contributed by atoms with Crippen LogP contribution in [-0.4, -0.2) is 18.4 Å². The van der Waals surface area contributed by atoms with Crippen molar-refractivity contribution in [1.29, 1.82) is 0 Å². The van der Waals surface area contributed by atoms with Crippen LogP contribution in [0.5, 0.6) is 0 Å². The Labute approximate surface area is 107 Å². The van der Waals surface area contributed by atoms with Crippen LogP contribution in [0.15, 0.2) is 0 Å². The molecular formula is C7H10LiNaO3. The van der Waals surface area contributed by atoms with Crippen LogP contribution >= 0.6 is 0 Å². The maximum absolute atomic E-state index is 10.7. The van der Waals surface area contributed by atoms with Crippen LogP contribution in [0.25, 0.3) is 0 Å². The monoisotopic (exact) mass is 172 g/mol. The van der Waals surface area contributed by atoms with Crippen molar-refractivity contribution in [1.82, 2.24) is 0 Å². The molecule has 0 saturated carbocycles. The number of Topliss-reactive ketones (excluding diaryl/α,β-unsaturated/α-hetero) is 1. The Balaban J connectivity index is -0.000000405. The Morgan fingerprint density at radius 1 is 1.50 bits per heavy atom. The number of ether oxygens (including phenoxy) is 1. The maximum atomic E-state index is 10.7. The molecular weight excluding hydrogens is 162 g/mol. The van der Waals surface area contributed by atoms with Crippen LogP contribution in [0.4, 0.5) is 0 Å². The molecule has 0 amide bonds. The standard InChI is InChI=1S/C7H10O3.Li.Na/c1-4-10-7(9)5(2)6(3)8;;/h3-4H2,1-2H3;;/q-2;2*+1. The van der Waals surface area contributed by atoms with Crippen molar-refractivity contribution in [3.05, 3.63) is 12.8 Å². The number of rotatable bonds is 3. The molecule has 0 aromatic carbocycles. The van der Waals surface area contributed by atoms with Crippen molar-refractivity contribution >= 4 is 11.8 Å². The van der Waals surface area contributed by atoms with Crippen LogP contribution in [0, 0.1) is 12.8 Å². The third-order valence-corrected chi connectivity index (χ3v) is 1.000. The fraction of sp³-hybridized carbons (Fsp3) is 0.429. The fourth-order valence-corrected chi connectivity index (χ4v) is 0.353. The minimum atomic E-state index is -0.581. The normalized spacial score (nSPS) is 7.17. The zero-order chi connectivity index (χ0) is 8.15. The van der Waals surface area contributed by atoms with Gasteiger partial charge in [0.15, 0.2) is 5.97 Å². The molecule has 0 aliphatic heterocycles. The summed E-state index contributed by atoms with van der Waals surface area (Å²) < 4.78 is 4.53. The molecule has 0 bridgehead atoms. The summed E-state index contributed by atoms with van der Waals surface area (Å²) in [5.74, 6) is -1.03. The number of hydrogen-bond donors (Lipinski definition) is 0. The molecule has 0 spiro atoms. The molecule has 0 aliphatic carbocycles. The second-order valence-electron chi connectivity index (χ2n) is 1.77. The van der Waals surface area contributed by atoms with Gasteiger partial charge in [-0.25, -0.2) is 5.92 Å². The smallest absolute Gasteiger partial charge is 0.488 e. The van der Waals surface area contributed by atoms with E-state index >= 15 is 0 Å². The molecule has 0 aromatic heterocycles. The summed E-state index contributed by atoms with van der Waals surface area (Å²) in [6.45, 7) is 6.42. The summed E-state index contributed by atoms with van der Waals surface area (Å²) >= 11 is 0. The van der Waals surface area contributed by atoms with E-state index in [0.29, 0.717) is 0 Å². The van der Waals surface area contributed by atoms with Gasteiger partial charge in [0.2, 0.25) is 0 Å². The van der Waals surface area contributed by atoms with Gasteiger partial charge in [-0.3, -0.25) is 4.79 Å². The van der Waals surface area contributed by atoms with Crippen molar-refractivity contribution < 1.29 is 62.7 Å². The van der Waals surface area contributed by atoms with Gasteiger partial charge in [-0.2, -0.15) is 6.92 Å². The Morgan fingerprint density at radius 2 is 1.92 bits per heavy atom. The number of ketones is 1. The average molecular weight is 172 g/mol. The minimum absolute atomic E-state index is 0. The van der Waals surface area contributed by atoms with Crippen LogP contribution in [0.2, 0.25) is 0 Å². The first-order chi connectivity index (χ1) is 4.59. The van der Waals surface area contributed by atoms with E-state index in [0.717, 1.165) is 0 Å². The third kappa shape index (κ3) is 7.14. The van der Waals surface area contributed by atoms with E-state index in [1.807, 2.05) is 0 Å². The predicted molar refractivity (Wildman–Crippen MR) is 35.9 cm³/mol. The molecule has 0 fully saturated rings. The molecule has 5 heteroatoms. The SMILES string of the molecule is [CH2-]C(=O)[C-](C)C(=O)OCC.[Li+].[Na+]. The molecule has 0 saturated heterocycles. The van der Waals surface area contributed by atoms with Gasteiger partial charge in [0.05, 0.1) is 6.61 Å². The molecule has 58 valence electrons. The first kappa shape index (κ1) is 18.3. The van der Waals surface area contributed by atoms with Gasteiger partial charge in [0.1, 0.15) is 0 Å². The Morgan fingerprint density at radius 3 is 2.17 bits per heavy atom. The van der Waals surface area contributed by atoms with Gasteiger partial charge in [-0.1, -0.05) is 0 Å². The summed E-state index contributed by atoms with van der Waals surface area (Å²) in [5, 5.41) is 0. The number of hydrogen-bond acceptors (Lipinski definition) is 3. The average Bonchev–Trinajstić information content (AvgIpc) is 1.87. The topological polar surface area (TPSA) is 43.4 Å². The molecule has 0 N–H and O–H groups in total. The van der Waals surface area contributed by atoms with Crippen LogP contribution in [0.1, 0.15) is 13.8 Å². The number of carbonyl (C=O) groups is 2. The summed E-state index contributed by atoms with van der Waals surface area (Å²) in [6.07, 6.45) is 0. The third-order valence-electron chi connectivity index (χ3n) is 1.000. The first-order valence-corrected chi connectivity index (χ1v) is 2.96. The van der Waals surface area contributed by atoms with E-state index < -0.39 is 11.8 Å². The Hall–Kier alpha value is 0.477. The first-order valence-electron chi connectivity index (χ1n) is 2.96. The maximum Gasteiger partial charge on any atom is 1.00 e. The second-order valence-corrected chi connectivity index (χ2v) is 1.77. The largest absolute Gasteiger partial charge is 1.00 e. The molecule has 0 rings (SSSR count). The minimum Gasteiger partial charge on any atom is -0.488 e. The molecule has 0 unspecified atom stereocenters. The van der Waals surface area contributed by atoms with Gasteiger partial charge >= 0.3 is 48.4 Å². The second kappa shape index (κ2) is 9.56. The summed E-state index contributed by atoms with van der Waals surface area (Å²) in [7, 11) is 0. The van der Waals surface area contributed by atoms with Crippen molar-refractivity contribution in [2.45, 2.75) is 13.8 Å². The van der Waals surface area contributed by atoms with E-state index in [1.54, 1.807) is 6.92 Å². The molecule has 0 heterocycles. The van der Waals surface area contributed by atoms with Crippen LogP contribution in [-0.2, 0) is 14.3 Å². The quantitative estimate of drug-likeness (QED) is 0.185. The van der Waals surface area contributed by atoms with Gasteiger partial charge < -0.3 is 16.5 Å². The fourth-order valence-electron chi connectivity index (χ4n) is 0.353. The van der Waals surface area contributed by atoms with Crippen LogP contribution in [0.3, 0.4) is 0 Å². The predicted octanol–water partition coefficient (Wildman–Crippen LogP) is -5.44. The van der Waals surface area contributed by atoms with Crippen molar-refractivity contribution in [3.63, 3.8) is 0 Å². The van der Waals surface area contributed by atoms with E-state index in [1.165, 1.54) is 6.92 Å². The van der Waals surface area contributed by atoms with Gasteiger partial charge in [0, 0.05) is 0 Å². The van der Waals surface area contributed by atoms with Crippen LogP contribution < -0.4 is 48.4 Å². The van der Waals surface area contributed by atoms with E-state index in [2.05, 4.69) is 11.7 Å². The van der Waals surface area contributed by atoms with Crippen molar-refractivity contribution in [2.75, 3.05) is 6.61 Å². The Bertz CT molecular complexity index is 150. The van der Waals surface area contributed by atoms with Crippen molar-refractivity contribution in [2.24, 2.45) is 0 Å². The number of carbonyl (C=O) groups excluding carboxylic acids is 2. The van der Waals surface area contributed by atoms with Crippen molar-refractivity contribution in [3.8, 4) is 0 Å². The van der Waals surface area contributed by atoms with E-state index in [9.17, 15) is 9.59 Å². The Kier molecular flexibility index (Phi) is 14.6. The molecule has 3 nitrogen and oxygen atoms in total. The molecule has 0 atom stereocenters. The zero-order valence-electron chi connectivity index (χ0n) is 8.14. The van der Waals surface area contributed by atoms with E-state index in [4.69, 9.17) is 0 Å². The molecule has 0 aliphatic rings. The van der Waals surface area contributed by atoms with Gasteiger partial charge in [-0.05, 0) is 6.92 Å². The summed E-state index contributed by atoms with van der Waals surface area (Å²) in [6, 6.07) is 0. The zero-order valence-corrected chi connectivity index (χ0v) is 10.1. The molecule has 0 radical (unpaired) electrons.